The molecule has 0 aliphatic heterocycles. The van der Waals surface area contributed by atoms with E-state index in [4.69, 9.17) is 17.0 Å². The summed E-state index contributed by atoms with van der Waals surface area (Å²) in [5.74, 6) is -0.208. The summed E-state index contributed by atoms with van der Waals surface area (Å²) in [5, 5.41) is 2.42. The second kappa shape index (κ2) is 9.69. The van der Waals surface area contributed by atoms with Crippen molar-refractivity contribution in [3.63, 3.8) is 0 Å². The van der Waals surface area contributed by atoms with E-state index in [1.807, 2.05) is 30.3 Å². The van der Waals surface area contributed by atoms with Crippen molar-refractivity contribution in [1.29, 1.82) is 0 Å². The first kappa shape index (κ1) is 19.6. The molecule has 6 nitrogen and oxygen atoms in total. The Labute approximate surface area is 164 Å². The second-order valence-corrected chi connectivity index (χ2v) is 6.25. The Morgan fingerprint density at radius 2 is 1.85 bits per heavy atom. The van der Waals surface area contributed by atoms with Crippen LogP contribution in [0.4, 0.5) is 0 Å². The molecule has 0 spiro atoms. The lowest BCUT2D eigenvalue weighted by molar-refractivity contribution is -0.115. The van der Waals surface area contributed by atoms with Gasteiger partial charge in [-0.3, -0.25) is 25.8 Å². The summed E-state index contributed by atoms with van der Waals surface area (Å²) in [6.45, 7) is 0. The van der Waals surface area contributed by atoms with Gasteiger partial charge in [-0.25, -0.2) is 0 Å². The number of nitrogens with one attached hydrogen (secondary N) is 3. The van der Waals surface area contributed by atoms with E-state index in [2.05, 4.69) is 32.1 Å². The number of hydrogen-bond donors (Lipinski definition) is 3. The zero-order valence-corrected chi connectivity index (χ0v) is 16.2. The summed E-state index contributed by atoms with van der Waals surface area (Å²) in [6, 6.07) is 14.2. The van der Waals surface area contributed by atoms with Gasteiger partial charge >= 0.3 is 0 Å². The predicted molar refractivity (Wildman–Crippen MR) is 108 cm³/mol. The van der Waals surface area contributed by atoms with E-state index in [9.17, 15) is 9.59 Å². The average molecular weight is 434 g/mol. The van der Waals surface area contributed by atoms with E-state index in [0.29, 0.717) is 15.8 Å². The fraction of sp³-hybridized carbons (Fsp3) is 0.0556. The molecule has 134 valence electrons. The Morgan fingerprint density at radius 1 is 1.12 bits per heavy atom. The summed E-state index contributed by atoms with van der Waals surface area (Å²) >= 11 is 8.28. The van der Waals surface area contributed by atoms with Crippen molar-refractivity contribution < 1.29 is 14.3 Å². The highest BCUT2D eigenvalue weighted by molar-refractivity contribution is 9.10. The average Bonchev–Trinajstić information content (AvgIpc) is 2.65. The van der Waals surface area contributed by atoms with Crippen LogP contribution in [0.2, 0.25) is 0 Å². The van der Waals surface area contributed by atoms with Gasteiger partial charge in [0.2, 0.25) is 5.91 Å². The van der Waals surface area contributed by atoms with Crippen molar-refractivity contribution in [2.24, 2.45) is 0 Å². The third-order valence-corrected chi connectivity index (χ3v) is 3.99. The molecule has 2 amide bonds. The molecule has 0 aromatic heterocycles. The summed E-state index contributed by atoms with van der Waals surface area (Å²) < 4.78 is 5.76. The zero-order chi connectivity index (χ0) is 18.9. The molecule has 0 radical (unpaired) electrons. The van der Waals surface area contributed by atoms with E-state index >= 15 is 0 Å². The number of thiocarbonyl (C=S) groups is 1. The summed E-state index contributed by atoms with van der Waals surface area (Å²) in [5.41, 5.74) is 6.17. The third kappa shape index (κ3) is 5.98. The molecule has 0 aliphatic carbocycles. The van der Waals surface area contributed by atoms with Gasteiger partial charge in [-0.1, -0.05) is 30.3 Å². The number of hydrazine groups is 1. The molecule has 8 heteroatoms. The summed E-state index contributed by atoms with van der Waals surface area (Å²) in [6.07, 6.45) is 3.01. The zero-order valence-electron chi connectivity index (χ0n) is 13.8. The van der Waals surface area contributed by atoms with Crippen molar-refractivity contribution >= 4 is 51.2 Å². The van der Waals surface area contributed by atoms with E-state index in [-0.39, 0.29) is 5.11 Å². The van der Waals surface area contributed by atoms with Crippen molar-refractivity contribution in [2.75, 3.05) is 7.11 Å². The molecule has 26 heavy (non-hydrogen) atoms. The molecule has 0 aliphatic rings. The van der Waals surface area contributed by atoms with Gasteiger partial charge in [0.05, 0.1) is 11.6 Å². The number of ether oxygens (including phenoxy) is 1. The third-order valence-electron chi connectivity index (χ3n) is 3.17. The SMILES string of the molecule is COc1ccc(C(=O)NNC(=S)NC(=O)C=Cc2ccccc2)cc1Br. The molecule has 0 heterocycles. The van der Waals surface area contributed by atoms with Gasteiger partial charge in [0.25, 0.3) is 5.91 Å². The van der Waals surface area contributed by atoms with Crippen molar-refractivity contribution in [2.45, 2.75) is 0 Å². The number of benzene rings is 2. The van der Waals surface area contributed by atoms with Gasteiger partial charge in [-0.05, 0) is 58.0 Å². The first-order valence-corrected chi connectivity index (χ1v) is 8.67. The highest BCUT2D eigenvalue weighted by atomic mass is 79.9. The van der Waals surface area contributed by atoms with Crippen LogP contribution in [0.15, 0.2) is 59.1 Å². The second-order valence-electron chi connectivity index (χ2n) is 4.99. The molecular formula is C18H16BrN3O3S. The Morgan fingerprint density at radius 3 is 2.50 bits per heavy atom. The lowest BCUT2D eigenvalue weighted by atomic mass is 10.2. The lowest BCUT2D eigenvalue weighted by Gasteiger charge is -2.10. The number of halogens is 1. The van der Waals surface area contributed by atoms with Gasteiger partial charge in [-0.15, -0.1) is 0 Å². The van der Waals surface area contributed by atoms with E-state index < -0.39 is 11.8 Å². The van der Waals surface area contributed by atoms with E-state index in [1.165, 1.54) is 13.2 Å². The Kier molecular flexibility index (Phi) is 7.31. The maximum atomic E-state index is 12.1. The van der Waals surface area contributed by atoms with Crippen LogP contribution in [-0.2, 0) is 4.79 Å². The van der Waals surface area contributed by atoms with Gasteiger partial charge in [0.15, 0.2) is 5.11 Å². The van der Waals surface area contributed by atoms with Crippen molar-refractivity contribution in [3.05, 3.63) is 70.2 Å². The van der Waals surface area contributed by atoms with Crippen LogP contribution in [0.25, 0.3) is 6.08 Å². The molecule has 0 unspecified atom stereocenters. The van der Waals surface area contributed by atoms with E-state index in [0.717, 1.165) is 5.56 Å². The lowest BCUT2D eigenvalue weighted by Crippen LogP contribution is -2.48. The number of carbonyl (C=O) groups excluding carboxylic acids is 2. The molecule has 0 bridgehead atoms. The normalized spacial score (nSPS) is 10.2. The monoisotopic (exact) mass is 433 g/mol. The van der Waals surface area contributed by atoms with Gasteiger partial charge < -0.3 is 4.74 Å². The number of amides is 2. The predicted octanol–water partition coefficient (Wildman–Crippen LogP) is 2.81. The Bertz CT molecular complexity index is 841. The van der Waals surface area contributed by atoms with Gasteiger partial charge in [-0.2, -0.15) is 0 Å². The van der Waals surface area contributed by atoms with Gasteiger partial charge in [0, 0.05) is 11.6 Å². The highest BCUT2D eigenvalue weighted by Gasteiger charge is 2.09. The molecule has 0 fully saturated rings. The van der Waals surface area contributed by atoms with Crippen LogP contribution in [0.1, 0.15) is 15.9 Å². The summed E-state index contributed by atoms with van der Waals surface area (Å²) in [7, 11) is 1.54. The van der Waals surface area contributed by atoms with Crippen LogP contribution < -0.4 is 20.9 Å². The fourth-order valence-corrected chi connectivity index (χ4v) is 2.61. The van der Waals surface area contributed by atoms with Crippen LogP contribution in [0, 0.1) is 0 Å². The first-order chi connectivity index (χ1) is 12.5. The number of hydrogen-bond acceptors (Lipinski definition) is 4. The number of rotatable bonds is 4. The highest BCUT2D eigenvalue weighted by Crippen LogP contribution is 2.25. The largest absolute Gasteiger partial charge is 0.496 e. The molecule has 0 saturated carbocycles. The van der Waals surface area contributed by atoms with Crippen molar-refractivity contribution in [1.82, 2.24) is 16.2 Å². The van der Waals surface area contributed by atoms with Crippen LogP contribution in [0.5, 0.6) is 5.75 Å². The minimum Gasteiger partial charge on any atom is -0.496 e. The minimum absolute atomic E-state index is 0.0198. The first-order valence-electron chi connectivity index (χ1n) is 7.47. The Balaban J connectivity index is 1.82. The molecule has 0 atom stereocenters. The van der Waals surface area contributed by atoms with Gasteiger partial charge in [0.1, 0.15) is 5.75 Å². The number of methoxy groups -OCH3 is 1. The van der Waals surface area contributed by atoms with Crippen LogP contribution in [0.3, 0.4) is 0 Å². The standard InChI is InChI=1S/C18H16BrN3O3S/c1-25-15-9-8-13(11-14(15)19)17(24)21-22-18(26)20-16(23)10-7-12-5-3-2-4-6-12/h2-11H,1H3,(H,21,24)(H2,20,22,23,26). The van der Waals surface area contributed by atoms with Crippen LogP contribution >= 0.6 is 28.1 Å². The van der Waals surface area contributed by atoms with Crippen molar-refractivity contribution in [3.8, 4) is 5.75 Å². The molecule has 2 rings (SSSR count). The van der Waals surface area contributed by atoms with E-state index in [1.54, 1.807) is 24.3 Å². The molecule has 3 N–H and O–H groups in total. The number of carbonyl (C=O) groups is 2. The molecule has 0 saturated heterocycles. The fourth-order valence-electron chi connectivity index (χ4n) is 1.91. The topological polar surface area (TPSA) is 79.5 Å². The summed E-state index contributed by atoms with van der Waals surface area (Å²) in [4.78, 5) is 23.9. The smallest absolute Gasteiger partial charge is 0.269 e. The Hall–Kier alpha value is -2.71. The maximum absolute atomic E-state index is 12.1. The molecule has 2 aromatic rings. The minimum atomic E-state index is -0.412. The quantitative estimate of drug-likeness (QED) is 0.392. The van der Waals surface area contributed by atoms with Crippen LogP contribution in [-0.4, -0.2) is 24.0 Å². The maximum Gasteiger partial charge on any atom is 0.269 e. The molecular weight excluding hydrogens is 418 g/mol. The molecule has 2 aromatic carbocycles.